The van der Waals surface area contributed by atoms with E-state index in [2.05, 4.69) is 5.21 Å². The molecule has 0 saturated carbocycles. The first-order valence-corrected chi connectivity index (χ1v) is 11.0. The minimum Gasteiger partial charge on any atom is -0.691 e. The SMILES string of the molecule is O=C(CCCCCCCCCCCCCCCO)n1n[n+]([O-])c2ccccc21. The van der Waals surface area contributed by atoms with Crippen molar-refractivity contribution < 1.29 is 14.7 Å². The van der Waals surface area contributed by atoms with Crippen molar-refractivity contribution in [2.75, 3.05) is 6.61 Å². The fourth-order valence-corrected chi connectivity index (χ4v) is 3.61. The maximum absolute atomic E-state index is 12.3. The normalized spacial score (nSPS) is 11.3. The standard InChI is InChI=1S/C22H35N3O3/c26-19-15-11-9-7-5-3-1-2-4-6-8-10-12-18-22(27)24-20-16-13-14-17-21(20)25(28)23-24/h13-14,16-17,26H,1-12,15,18-19H2. The molecule has 156 valence electrons. The molecule has 6 heteroatoms. The van der Waals surface area contributed by atoms with Gasteiger partial charge < -0.3 is 10.3 Å². The predicted molar refractivity (Wildman–Crippen MR) is 111 cm³/mol. The number of aromatic nitrogens is 3. The van der Waals surface area contributed by atoms with Crippen LogP contribution in [0.15, 0.2) is 24.3 Å². The first kappa shape index (κ1) is 22.3. The molecule has 0 aliphatic rings. The summed E-state index contributed by atoms with van der Waals surface area (Å²) in [6.45, 7) is 0.328. The summed E-state index contributed by atoms with van der Waals surface area (Å²) in [5, 5.41) is 24.2. The van der Waals surface area contributed by atoms with Crippen LogP contribution in [0.2, 0.25) is 0 Å². The molecule has 1 aromatic carbocycles. The minimum absolute atomic E-state index is 0.107. The fourth-order valence-electron chi connectivity index (χ4n) is 3.61. The van der Waals surface area contributed by atoms with Crippen molar-refractivity contribution in [3.63, 3.8) is 0 Å². The highest BCUT2D eigenvalue weighted by molar-refractivity contribution is 5.87. The van der Waals surface area contributed by atoms with Gasteiger partial charge in [-0.1, -0.05) is 87.4 Å². The Labute approximate surface area is 168 Å². The molecule has 1 heterocycles. The largest absolute Gasteiger partial charge is 0.691 e. The monoisotopic (exact) mass is 389 g/mol. The van der Waals surface area contributed by atoms with E-state index in [1.807, 2.05) is 6.07 Å². The number of aliphatic hydroxyl groups excluding tert-OH is 1. The van der Waals surface area contributed by atoms with E-state index in [0.717, 1.165) is 32.1 Å². The highest BCUT2D eigenvalue weighted by atomic mass is 16.5. The molecule has 0 amide bonds. The summed E-state index contributed by atoms with van der Waals surface area (Å²) >= 11 is 0. The Bertz CT molecular complexity index is 699. The molecule has 1 aromatic heterocycles. The lowest BCUT2D eigenvalue weighted by atomic mass is 10.0. The molecule has 0 bridgehead atoms. The fraction of sp³-hybridized carbons (Fsp3) is 0.682. The highest BCUT2D eigenvalue weighted by Crippen LogP contribution is 2.14. The number of fused-ring (bicyclic) bond motifs is 1. The van der Waals surface area contributed by atoms with Crippen molar-refractivity contribution in [3.05, 3.63) is 29.5 Å². The van der Waals surface area contributed by atoms with E-state index < -0.39 is 0 Å². The van der Waals surface area contributed by atoms with Crippen molar-refractivity contribution in [1.29, 1.82) is 0 Å². The van der Waals surface area contributed by atoms with E-state index in [-0.39, 0.29) is 5.91 Å². The van der Waals surface area contributed by atoms with E-state index in [1.54, 1.807) is 18.2 Å². The van der Waals surface area contributed by atoms with Gasteiger partial charge in [0.05, 0.1) is 6.42 Å². The summed E-state index contributed by atoms with van der Waals surface area (Å²) in [5.41, 5.74) is 1.01. The Morgan fingerprint density at radius 1 is 0.857 bits per heavy atom. The summed E-state index contributed by atoms with van der Waals surface area (Å²) in [4.78, 5) is 12.8. The van der Waals surface area contributed by atoms with Crippen LogP contribution in [0, 0.1) is 5.21 Å². The number of hydrogen-bond acceptors (Lipinski definition) is 4. The summed E-state index contributed by atoms with van der Waals surface area (Å²) in [7, 11) is 0. The number of aliphatic hydroxyl groups is 1. The number of unbranched alkanes of at least 4 members (excludes halogenated alkanes) is 12. The quantitative estimate of drug-likeness (QED) is 0.270. The number of benzene rings is 1. The van der Waals surface area contributed by atoms with Gasteiger partial charge in [-0.05, 0) is 25.0 Å². The molecule has 2 aromatic rings. The molecule has 6 nitrogen and oxygen atoms in total. The second-order valence-corrected chi connectivity index (χ2v) is 7.63. The molecule has 0 unspecified atom stereocenters. The first-order valence-electron chi connectivity index (χ1n) is 11.0. The molecule has 28 heavy (non-hydrogen) atoms. The molecular weight excluding hydrogens is 354 g/mol. The molecule has 0 aliphatic carbocycles. The second kappa shape index (κ2) is 13.3. The third kappa shape index (κ3) is 7.58. The van der Waals surface area contributed by atoms with Crippen LogP contribution in [-0.4, -0.2) is 27.5 Å². The van der Waals surface area contributed by atoms with Crippen LogP contribution >= 0.6 is 0 Å². The van der Waals surface area contributed by atoms with Crippen LogP contribution in [0.25, 0.3) is 11.0 Å². The van der Waals surface area contributed by atoms with Crippen molar-refractivity contribution >= 4 is 16.9 Å². The van der Waals surface area contributed by atoms with Gasteiger partial charge in [0, 0.05) is 6.61 Å². The molecule has 1 N–H and O–H groups in total. The van der Waals surface area contributed by atoms with Crippen molar-refractivity contribution in [2.24, 2.45) is 0 Å². The lowest BCUT2D eigenvalue weighted by Gasteiger charge is -2.02. The van der Waals surface area contributed by atoms with Gasteiger partial charge in [0.1, 0.15) is 5.21 Å². The Kier molecular flexibility index (Phi) is 10.6. The van der Waals surface area contributed by atoms with E-state index in [0.29, 0.717) is 28.9 Å². The van der Waals surface area contributed by atoms with Gasteiger partial charge in [-0.15, -0.1) is 4.85 Å². The van der Waals surface area contributed by atoms with Crippen LogP contribution in [-0.2, 0) is 0 Å². The average molecular weight is 390 g/mol. The van der Waals surface area contributed by atoms with Crippen molar-refractivity contribution in [3.8, 4) is 0 Å². The molecule has 2 rings (SSSR count). The minimum atomic E-state index is -0.107. The van der Waals surface area contributed by atoms with Crippen LogP contribution in [0.3, 0.4) is 0 Å². The molecule has 0 spiro atoms. The van der Waals surface area contributed by atoms with E-state index in [1.165, 1.54) is 56.0 Å². The van der Waals surface area contributed by atoms with Crippen molar-refractivity contribution in [1.82, 2.24) is 9.90 Å². The van der Waals surface area contributed by atoms with Gasteiger partial charge >= 0.3 is 5.91 Å². The summed E-state index contributed by atoms with van der Waals surface area (Å²) in [6, 6.07) is 7.01. The Morgan fingerprint density at radius 3 is 1.93 bits per heavy atom. The summed E-state index contributed by atoms with van der Waals surface area (Å²) < 4.78 is 1.24. The van der Waals surface area contributed by atoms with Gasteiger partial charge in [-0.2, -0.15) is 0 Å². The van der Waals surface area contributed by atoms with Crippen LogP contribution in [0.1, 0.15) is 94.7 Å². The maximum Gasteiger partial charge on any atom is 0.335 e. The van der Waals surface area contributed by atoms with Gasteiger partial charge in [-0.25, -0.2) is 4.79 Å². The van der Waals surface area contributed by atoms with Gasteiger partial charge in [-0.3, -0.25) is 0 Å². The van der Waals surface area contributed by atoms with E-state index >= 15 is 0 Å². The van der Waals surface area contributed by atoms with Gasteiger partial charge in [0.15, 0.2) is 0 Å². The van der Waals surface area contributed by atoms with Crippen molar-refractivity contribution in [2.45, 2.75) is 89.9 Å². The zero-order chi connectivity index (χ0) is 20.0. The smallest absolute Gasteiger partial charge is 0.335 e. The summed E-state index contributed by atoms with van der Waals surface area (Å²) in [6.07, 6.45) is 15.9. The van der Waals surface area contributed by atoms with Crippen LogP contribution in [0.4, 0.5) is 0 Å². The lowest BCUT2D eigenvalue weighted by Crippen LogP contribution is -2.30. The van der Waals surface area contributed by atoms with E-state index in [9.17, 15) is 10.0 Å². The Morgan fingerprint density at radius 2 is 1.36 bits per heavy atom. The topological polar surface area (TPSA) is 82.1 Å². The zero-order valence-corrected chi connectivity index (χ0v) is 17.0. The Hall–Kier alpha value is -1.95. The van der Waals surface area contributed by atoms with Crippen LogP contribution in [0.5, 0.6) is 0 Å². The molecular formula is C22H35N3O3. The number of nitrogens with zero attached hydrogens (tertiary/aromatic N) is 3. The molecule has 0 atom stereocenters. The Balaban J connectivity index is 1.47. The average Bonchev–Trinajstić information content (AvgIpc) is 3.05. The molecule has 0 saturated heterocycles. The molecule has 0 radical (unpaired) electrons. The summed E-state index contributed by atoms with van der Waals surface area (Å²) in [5.74, 6) is -0.107. The number of rotatable bonds is 15. The number of carbonyl (C=O) groups is 1. The third-order valence-corrected chi connectivity index (χ3v) is 5.27. The van der Waals surface area contributed by atoms with E-state index in [4.69, 9.17) is 5.11 Å². The third-order valence-electron chi connectivity index (χ3n) is 5.27. The zero-order valence-electron chi connectivity index (χ0n) is 17.0. The molecule has 0 fully saturated rings. The number of para-hydroxylation sites is 2. The highest BCUT2D eigenvalue weighted by Gasteiger charge is 2.20. The first-order chi connectivity index (χ1) is 13.7. The number of carbonyl (C=O) groups excluding carboxylic acids is 1. The maximum atomic E-state index is 12.3. The second-order valence-electron chi connectivity index (χ2n) is 7.63. The lowest BCUT2D eigenvalue weighted by molar-refractivity contribution is -0.645. The van der Waals surface area contributed by atoms with Gasteiger partial charge in [0.2, 0.25) is 11.0 Å². The number of hydrogen-bond donors (Lipinski definition) is 1. The van der Waals surface area contributed by atoms with Crippen LogP contribution < -0.4 is 4.85 Å². The van der Waals surface area contributed by atoms with Gasteiger partial charge in [0.25, 0.3) is 0 Å². The molecule has 0 aliphatic heterocycles. The predicted octanol–water partition coefficient (Wildman–Crippen LogP) is 4.76.